The van der Waals surface area contributed by atoms with Crippen molar-refractivity contribution in [3.8, 4) is 11.5 Å². The molecule has 19 heavy (non-hydrogen) atoms. The summed E-state index contributed by atoms with van der Waals surface area (Å²) >= 11 is 0. The van der Waals surface area contributed by atoms with Gasteiger partial charge in [-0.2, -0.15) is 4.98 Å². The fourth-order valence-electron chi connectivity index (χ4n) is 1.84. The first-order chi connectivity index (χ1) is 9.10. The summed E-state index contributed by atoms with van der Waals surface area (Å²) in [5.74, 6) is 1.86. The first-order valence-corrected chi connectivity index (χ1v) is 6.70. The molecule has 2 rings (SSSR count). The number of hydrogen-bond donors (Lipinski definition) is 1. The van der Waals surface area contributed by atoms with Crippen molar-refractivity contribution in [1.29, 1.82) is 0 Å². The lowest BCUT2D eigenvalue weighted by atomic mass is 10.0. The summed E-state index contributed by atoms with van der Waals surface area (Å²) in [5.41, 5.74) is 2.28. The number of hydrogen-bond acceptors (Lipinski definition) is 4. The van der Waals surface area contributed by atoms with Crippen LogP contribution in [0.15, 0.2) is 28.8 Å². The van der Waals surface area contributed by atoms with Crippen LogP contribution >= 0.6 is 0 Å². The van der Waals surface area contributed by atoms with Crippen LogP contribution in [0.2, 0.25) is 0 Å². The average Bonchev–Trinajstić information content (AvgIpc) is 2.87. The fraction of sp³-hybridized carbons (Fsp3) is 0.467. The van der Waals surface area contributed by atoms with E-state index < -0.39 is 0 Å². The molecule has 1 aromatic heterocycles. The van der Waals surface area contributed by atoms with E-state index in [0.29, 0.717) is 17.9 Å². The molecule has 1 N–H and O–H groups in total. The Labute approximate surface area is 114 Å². The number of nitrogens with zero attached hydrogens (tertiary/aromatic N) is 2. The monoisotopic (exact) mass is 259 g/mol. The third kappa shape index (κ3) is 3.41. The Balaban J connectivity index is 2.13. The van der Waals surface area contributed by atoms with Gasteiger partial charge in [-0.3, -0.25) is 0 Å². The predicted octanol–water partition coefficient (Wildman–Crippen LogP) is 3.01. The van der Waals surface area contributed by atoms with E-state index >= 15 is 0 Å². The molecule has 0 amide bonds. The second-order valence-electron chi connectivity index (χ2n) is 5.19. The number of likely N-dealkylation sites (N-methyl/N-ethyl adjacent to an activating group) is 1. The van der Waals surface area contributed by atoms with E-state index in [1.165, 1.54) is 5.56 Å². The number of nitrogens with one attached hydrogen (secondary N) is 1. The van der Waals surface area contributed by atoms with Crippen LogP contribution in [-0.2, 0) is 6.42 Å². The molecule has 0 aliphatic heterocycles. The highest BCUT2D eigenvalue weighted by molar-refractivity contribution is 5.53. The molecule has 1 aromatic carbocycles. The minimum Gasteiger partial charge on any atom is -0.334 e. The van der Waals surface area contributed by atoms with Gasteiger partial charge in [-0.15, -0.1) is 0 Å². The van der Waals surface area contributed by atoms with Gasteiger partial charge in [0.05, 0.1) is 0 Å². The average molecular weight is 259 g/mol. The van der Waals surface area contributed by atoms with Crippen molar-refractivity contribution in [3.05, 3.63) is 35.7 Å². The molecule has 0 bridgehead atoms. The molecule has 2 aromatic rings. The Kier molecular flexibility index (Phi) is 4.32. The lowest BCUT2D eigenvalue weighted by molar-refractivity contribution is 0.418. The SMILES string of the molecule is CNC(C)Cc1noc(-c2ccc(C(C)C)cc2)n1. The first-order valence-electron chi connectivity index (χ1n) is 6.70. The standard InChI is InChI=1S/C15H21N3O/c1-10(2)12-5-7-13(8-6-12)15-17-14(18-19-15)9-11(3)16-4/h5-8,10-11,16H,9H2,1-4H3. The van der Waals surface area contributed by atoms with Crippen LogP contribution in [0.4, 0.5) is 0 Å². The number of aromatic nitrogens is 2. The normalized spacial score (nSPS) is 12.9. The van der Waals surface area contributed by atoms with E-state index in [0.717, 1.165) is 17.8 Å². The van der Waals surface area contributed by atoms with Crippen molar-refractivity contribution in [2.24, 2.45) is 0 Å². The highest BCUT2D eigenvalue weighted by Gasteiger charge is 2.11. The third-order valence-electron chi connectivity index (χ3n) is 3.27. The van der Waals surface area contributed by atoms with Gasteiger partial charge in [0.15, 0.2) is 5.82 Å². The smallest absolute Gasteiger partial charge is 0.257 e. The van der Waals surface area contributed by atoms with Crippen molar-refractivity contribution in [2.45, 2.75) is 39.2 Å². The van der Waals surface area contributed by atoms with E-state index in [2.05, 4.69) is 48.4 Å². The van der Waals surface area contributed by atoms with Crippen LogP contribution in [0, 0.1) is 0 Å². The minimum atomic E-state index is 0.341. The molecule has 102 valence electrons. The zero-order valence-corrected chi connectivity index (χ0v) is 12.0. The molecule has 0 aliphatic carbocycles. The highest BCUT2D eigenvalue weighted by Crippen LogP contribution is 2.21. The topological polar surface area (TPSA) is 51.0 Å². The van der Waals surface area contributed by atoms with Crippen LogP contribution in [-0.4, -0.2) is 23.2 Å². The Morgan fingerprint density at radius 2 is 1.84 bits per heavy atom. The Morgan fingerprint density at radius 3 is 2.42 bits per heavy atom. The summed E-state index contributed by atoms with van der Waals surface area (Å²) in [6.07, 6.45) is 0.768. The van der Waals surface area contributed by atoms with Gasteiger partial charge < -0.3 is 9.84 Å². The molecule has 0 aliphatic rings. The Hall–Kier alpha value is -1.68. The van der Waals surface area contributed by atoms with E-state index in [9.17, 15) is 0 Å². The molecule has 0 radical (unpaired) electrons. The van der Waals surface area contributed by atoms with Gasteiger partial charge in [0.2, 0.25) is 0 Å². The second-order valence-corrected chi connectivity index (χ2v) is 5.19. The summed E-state index contributed by atoms with van der Waals surface area (Å²) in [6, 6.07) is 8.64. The van der Waals surface area contributed by atoms with Gasteiger partial charge in [-0.05, 0) is 37.6 Å². The molecule has 0 saturated heterocycles. The van der Waals surface area contributed by atoms with E-state index in [1.807, 2.05) is 19.2 Å². The van der Waals surface area contributed by atoms with Crippen LogP contribution in [0.25, 0.3) is 11.5 Å². The van der Waals surface area contributed by atoms with E-state index in [4.69, 9.17) is 4.52 Å². The van der Waals surface area contributed by atoms with Gasteiger partial charge >= 0.3 is 0 Å². The van der Waals surface area contributed by atoms with Gasteiger partial charge in [-0.1, -0.05) is 31.1 Å². The molecule has 1 heterocycles. The van der Waals surface area contributed by atoms with Crippen LogP contribution in [0.1, 0.15) is 38.1 Å². The fourth-order valence-corrected chi connectivity index (χ4v) is 1.84. The molecule has 1 atom stereocenters. The van der Waals surface area contributed by atoms with Gasteiger partial charge in [0.1, 0.15) is 0 Å². The number of rotatable bonds is 5. The summed E-state index contributed by atoms with van der Waals surface area (Å²) < 4.78 is 5.31. The summed E-state index contributed by atoms with van der Waals surface area (Å²) in [7, 11) is 1.93. The quantitative estimate of drug-likeness (QED) is 0.896. The maximum atomic E-state index is 5.31. The van der Waals surface area contributed by atoms with Crippen molar-refractivity contribution >= 4 is 0 Å². The lowest BCUT2D eigenvalue weighted by Gasteiger charge is -2.05. The molecule has 0 fully saturated rings. The van der Waals surface area contributed by atoms with E-state index in [1.54, 1.807) is 0 Å². The zero-order chi connectivity index (χ0) is 13.8. The number of benzene rings is 1. The van der Waals surface area contributed by atoms with E-state index in [-0.39, 0.29) is 0 Å². The van der Waals surface area contributed by atoms with Crippen LogP contribution < -0.4 is 5.32 Å². The molecule has 1 unspecified atom stereocenters. The molecular formula is C15H21N3O. The highest BCUT2D eigenvalue weighted by atomic mass is 16.5. The van der Waals surface area contributed by atoms with Gasteiger partial charge in [0.25, 0.3) is 5.89 Å². The maximum Gasteiger partial charge on any atom is 0.257 e. The zero-order valence-electron chi connectivity index (χ0n) is 12.0. The summed E-state index contributed by atoms with van der Waals surface area (Å²) in [5, 5.41) is 7.17. The van der Waals surface area contributed by atoms with Gasteiger partial charge in [0, 0.05) is 18.0 Å². The first kappa shape index (κ1) is 13.7. The lowest BCUT2D eigenvalue weighted by Crippen LogP contribution is -2.24. The van der Waals surface area contributed by atoms with Crippen LogP contribution in [0.5, 0.6) is 0 Å². The largest absolute Gasteiger partial charge is 0.334 e. The van der Waals surface area contributed by atoms with Gasteiger partial charge in [-0.25, -0.2) is 0 Å². The molecule has 4 heteroatoms. The predicted molar refractivity (Wildman–Crippen MR) is 76.0 cm³/mol. The Bertz CT molecular complexity index is 516. The summed E-state index contributed by atoms with van der Waals surface area (Å²) in [6.45, 7) is 6.45. The minimum absolute atomic E-state index is 0.341. The molecule has 0 spiro atoms. The maximum absolute atomic E-state index is 5.31. The molecule has 4 nitrogen and oxygen atoms in total. The molecule has 0 saturated carbocycles. The Morgan fingerprint density at radius 1 is 1.16 bits per heavy atom. The van der Waals surface area contributed by atoms with Crippen molar-refractivity contribution < 1.29 is 4.52 Å². The van der Waals surface area contributed by atoms with Crippen molar-refractivity contribution in [3.63, 3.8) is 0 Å². The van der Waals surface area contributed by atoms with Crippen molar-refractivity contribution in [2.75, 3.05) is 7.05 Å². The second kappa shape index (κ2) is 5.97. The van der Waals surface area contributed by atoms with Crippen molar-refractivity contribution in [1.82, 2.24) is 15.5 Å². The molecular weight excluding hydrogens is 238 g/mol. The third-order valence-corrected chi connectivity index (χ3v) is 3.27. The van der Waals surface area contributed by atoms with Crippen LogP contribution in [0.3, 0.4) is 0 Å². The summed E-state index contributed by atoms with van der Waals surface area (Å²) in [4.78, 5) is 4.43.